The van der Waals surface area contributed by atoms with Crippen LogP contribution in [0.15, 0.2) is 5.11 Å². The highest BCUT2D eigenvalue weighted by Crippen LogP contribution is 2.72. The van der Waals surface area contributed by atoms with E-state index in [1.165, 1.54) is 6.42 Å². The lowest BCUT2D eigenvalue weighted by Gasteiger charge is -2.30. The van der Waals surface area contributed by atoms with E-state index in [-0.39, 0.29) is 5.54 Å². The Morgan fingerprint density at radius 3 is 2.46 bits per heavy atom. The Kier molecular flexibility index (Phi) is 1.51. The summed E-state index contributed by atoms with van der Waals surface area (Å²) in [6.07, 6.45) is 1.23. The number of hydrogen-bond donors (Lipinski definition) is 0. The number of hydrogen-bond acceptors (Lipinski definition) is 1. The Bertz CT molecular complexity index is 291. The summed E-state index contributed by atoms with van der Waals surface area (Å²) < 4.78 is 0. The van der Waals surface area contributed by atoms with Crippen molar-refractivity contribution in [2.45, 2.75) is 39.7 Å². The van der Waals surface area contributed by atoms with Crippen molar-refractivity contribution in [3.8, 4) is 0 Å². The van der Waals surface area contributed by atoms with E-state index in [0.29, 0.717) is 17.3 Å². The Balaban J connectivity index is 2.33. The van der Waals surface area contributed by atoms with E-state index >= 15 is 0 Å². The van der Waals surface area contributed by atoms with Crippen LogP contribution in [0.2, 0.25) is 0 Å². The first-order valence-corrected chi connectivity index (χ1v) is 5.01. The van der Waals surface area contributed by atoms with Gasteiger partial charge in [0.25, 0.3) is 0 Å². The molecule has 0 N–H and O–H groups in total. The van der Waals surface area contributed by atoms with Crippen LogP contribution in [-0.4, -0.2) is 5.54 Å². The molecule has 0 aliphatic heterocycles. The molecule has 2 rings (SSSR count). The topological polar surface area (TPSA) is 48.8 Å². The molecular weight excluding hydrogens is 162 g/mol. The number of nitrogens with zero attached hydrogens (tertiary/aromatic N) is 3. The monoisotopic (exact) mass is 179 g/mol. The highest BCUT2D eigenvalue weighted by atomic mass is 15.2. The molecule has 0 radical (unpaired) electrons. The summed E-state index contributed by atoms with van der Waals surface area (Å²) in [6, 6.07) is 0. The molecule has 2 aliphatic rings. The van der Waals surface area contributed by atoms with Crippen LogP contribution >= 0.6 is 0 Å². The first-order chi connectivity index (χ1) is 5.94. The van der Waals surface area contributed by atoms with Crippen molar-refractivity contribution in [1.29, 1.82) is 0 Å². The highest BCUT2D eigenvalue weighted by molar-refractivity contribution is 5.22. The molecule has 72 valence electrons. The minimum atomic E-state index is -0.122. The zero-order valence-electron chi connectivity index (χ0n) is 8.78. The lowest BCUT2D eigenvalue weighted by atomic mass is 9.81. The summed E-state index contributed by atoms with van der Waals surface area (Å²) in [7, 11) is 0. The second kappa shape index (κ2) is 2.21. The number of rotatable bonds is 1. The van der Waals surface area contributed by atoms with Gasteiger partial charge < -0.3 is 0 Å². The maximum absolute atomic E-state index is 8.57. The molecule has 2 aliphatic carbocycles. The predicted octanol–water partition coefficient (Wildman–Crippen LogP) is 3.37. The van der Waals surface area contributed by atoms with Crippen molar-refractivity contribution in [3.05, 3.63) is 10.4 Å². The Morgan fingerprint density at radius 2 is 2.00 bits per heavy atom. The molecule has 2 fully saturated rings. The van der Waals surface area contributed by atoms with E-state index in [1.54, 1.807) is 0 Å². The van der Waals surface area contributed by atoms with Crippen LogP contribution in [0.1, 0.15) is 34.1 Å². The molecule has 4 atom stereocenters. The average molecular weight is 179 g/mol. The smallest absolute Gasteiger partial charge is 0.0521 e. The summed E-state index contributed by atoms with van der Waals surface area (Å²) in [4.78, 5) is 3.01. The van der Waals surface area contributed by atoms with E-state index in [1.807, 2.05) is 0 Å². The fourth-order valence-corrected chi connectivity index (χ4v) is 3.53. The van der Waals surface area contributed by atoms with E-state index in [2.05, 4.69) is 37.7 Å². The molecule has 3 heteroatoms. The molecule has 3 nitrogen and oxygen atoms in total. The van der Waals surface area contributed by atoms with Crippen molar-refractivity contribution >= 4 is 0 Å². The van der Waals surface area contributed by atoms with E-state index in [4.69, 9.17) is 5.53 Å². The van der Waals surface area contributed by atoms with Crippen molar-refractivity contribution in [2.24, 2.45) is 28.3 Å². The van der Waals surface area contributed by atoms with Gasteiger partial charge in [0.1, 0.15) is 0 Å². The molecular formula is C10H17N3. The van der Waals surface area contributed by atoms with Crippen LogP contribution in [0.25, 0.3) is 10.4 Å². The van der Waals surface area contributed by atoms with Crippen LogP contribution in [0.3, 0.4) is 0 Å². The Labute approximate surface area is 79.1 Å². The van der Waals surface area contributed by atoms with Crippen LogP contribution in [0.4, 0.5) is 0 Å². The molecule has 0 aromatic carbocycles. The zero-order valence-corrected chi connectivity index (χ0v) is 8.78. The average Bonchev–Trinajstić information content (AvgIpc) is 2.40. The van der Waals surface area contributed by atoms with Crippen LogP contribution in [-0.2, 0) is 0 Å². The van der Waals surface area contributed by atoms with Gasteiger partial charge in [0.05, 0.1) is 5.54 Å². The van der Waals surface area contributed by atoms with Crippen molar-refractivity contribution in [2.75, 3.05) is 0 Å². The van der Waals surface area contributed by atoms with Gasteiger partial charge in [-0.3, -0.25) is 0 Å². The molecule has 0 saturated heterocycles. The SMILES string of the molecule is CC1CC2C(C2(C)C)C1(C)N=[N+]=[N-]. The third kappa shape index (κ3) is 0.884. The molecule has 0 aromatic heterocycles. The fourth-order valence-electron chi connectivity index (χ4n) is 3.53. The summed E-state index contributed by atoms with van der Waals surface area (Å²) in [5, 5.41) is 4.04. The van der Waals surface area contributed by atoms with Gasteiger partial charge >= 0.3 is 0 Å². The molecule has 0 spiro atoms. The van der Waals surface area contributed by atoms with Gasteiger partial charge in [-0.1, -0.05) is 32.8 Å². The Hall–Kier alpha value is -0.690. The van der Waals surface area contributed by atoms with Gasteiger partial charge in [-0.05, 0) is 35.1 Å². The molecule has 0 bridgehead atoms. The maximum Gasteiger partial charge on any atom is 0.0521 e. The summed E-state index contributed by atoms with van der Waals surface area (Å²) in [6.45, 7) is 8.91. The van der Waals surface area contributed by atoms with E-state index < -0.39 is 0 Å². The van der Waals surface area contributed by atoms with Crippen LogP contribution in [0.5, 0.6) is 0 Å². The predicted molar refractivity (Wildman–Crippen MR) is 52.1 cm³/mol. The summed E-state index contributed by atoms with van der Waals surface area (Å²) >= 11 is 0. The van der Waals surface area contributed by atoms with Crippen molar-refractivity contribution < 1.29 is 0 Å². The fraction of sp³-hybridized carbons (Fsp3) is 1.00. The third-order valence-corrected chi connectivity index (χ3v) is 4.55. The van der Waals surface area contributed by atoms with E-state index in [9.17, 15) is 0 Å². The lowest BCUT2D eigenvalue weighted by Crippen LogP contribution is -2.32. The molecule has 0 aromatic rings. The minimum absolute atomic E-state index is 0.122. The van der Waals surface area contributed by atoms with Crippen molar-refractivity contribution in [3.63, 3.8) is 0 Å². The maximum atomic E-state index is 8.57. The molecule has 2 saturated carbocycles. The van der Waals surface area contributed by atoms with Gasteiger partial charge in [0.15, 0.2) is 0 Å². The quantitative estimate of drug-likeness (QED) is 0.336. The minimum Gasteiger partial charge on any atom is -0.0870 e. The van der Waals surface area contributed by atoms with Crippen LogP contribution in [0, 0.1) is 23.2 Å². The number of azide groups is 1. The van der Waals surface area contributed by atoms with Gasteiger partial charge in [-0.2, -0.15) is 0 Å². The first-order valence-electron chi connectivity index (χ1n) is 5.01. The number of fused-ring (bicyclic) bond motifs is 1. The standard InChI is InChI=1S/C10H17N3/c1-6-5-7-8(9(7,2)3)10(6,4)12-13-11/h6-8H,5H2,1-4H3. The molecule has 0 heterocycles. The van der Waals surface area contributed by atoms with Crippen molar-refractivity contribution in [1.82, 2.24) is 0 Å². The first kappa shape index (κ1) is 8.89. The van der Waals surface area contributed by atoms with Crippen LogP contribution < -0.4 is 0 Å². The zero-order chi connectivity index (χ0) is 9.85. The second-order valence-electron chi connectivity index (χ2n) is 5.46. The Morgan fingerprint density at radius 1 is 1.38 bits per heavy atom. The highest BCUT2D eigenvalue weighted by Gasteiger charge is 2.70. The van der Waals surface area contributed by atoms with Gasteiger partial charge in [-0.15, -0.1) is 0 Å². The molecule has 13 heavy (non-hydrogen) atoms. The molecule has 4 unspecified atom stereocenters. The lowest BCUT2D eigenvalue weighted by molar-refractivity contribution is 0.256. The van der Waals surface area contributed by atoms with Gasteiger partial charge in [0.2, 0.25) is 0 Å². The normalized spacial score (nSPS) is 50.9. The third-order valence-electron chi connectivity index (χ3n) is 4.55. The summed E-state index contributed by atoms with van der Waals surface area (Å²) in [5.41, 5.74) is 8.86. The van der Waals surface area contributed by atoms with Gasteiger partial charge in [0, 0.05) is 4.91 Å². The van der Waals surface area contributed by atoms with E-state index in [0.717, 1.165) is 5.92 Å². The van der Waals surface area contributed by atoms with Gasteiger partial charge in [-0.25, -0.2) is 0 Å². The second-order valence-corrected chi connectivity index (χ2v) is 5.46. The largest absolute Gasteiger partial charge is 0.0870 e. The summed E-state index contributed by atoms with van der Waals surface area (Å²) in [5.74, 6) is 1.95. The molecule has 0 amide bonds.